The third kappa shape index (κ3) is 7.07. The maximum Gasteiger partial charge on any atom is 0.326 e. The standard InChI is InChI=1S/C17H21N3O5/c1-11(2)25-15(12-6-4-3-5-7-12)16(22)20-14(17(23)24)9-8-13(21)10-19-18/h3-7,10-11,14-15H,8-9H2,1-2H3,(H,20,22)(H,23,24). The van der Waals surface area contributed by atoms with Crippen molar-refractivity contribution in [3.63, 3.8) is 0 Å². The number of carbonyl (C=O) groups excluding carboxylic acids is 2. The lowest BCUT2D eigenvalue weighted by atomic mass is 10.1. The molecule has 2 N–H and O–H groups in total. The highest BCUT2D eigenvalue weighted by molar-refractivity contribution is 6.25. The van der Waals surface area contributed by atoms with Crippen LogP contribution < -0.4 is 5.32 Å². The number of ether oxygens (including phenoxy) is 1. The smallest absolute Gasteiger partial charge is 0.326 e. The van der Waals surface area contributed by atoms with Gasteiger partial charge in [0.1, 0.15) is 6.04 Å². The molecule has 1 aromatic carbocycles. The van der Waals surface area contributed by atoms with Gasteiger partial charge in [0.05, 0.1) is 6.10 Å². The van der Waals surface area contributed by atoms with Crippen LogP contribution in [0.1, 0.15) is 38.4 Å². The molecule has 0 aliphatic heterocycles. The summed E-state index contributed by atoms with van der Waals surface area (Å²) in [6, 6.07) is 7.46. The molecule has 2 atom stereocenters. The highest BCUT2D eigenvalue weighted by Crippen LogP contribution is 2.20. The van der Waals surface area contributed by atoms with Crippen molar-refractivity contribution in [2.75, 3.05) is 0 Å². The molecule has 134 valence electrons. The predicted molar refractivity (Wildman–Crippen MR) is 88.9 cm³/mol. The number of carbonyl (C=O) groups is 3. The van der Waals surface area contributed by atoms with Gasteiger partial charge in [-0.25, -0.2) is 4.79 Å². The van der Waals surface area contributed by atoms with Crippen molar-refractivity contribution >= 4 is 23.9 Å². The summed E-state index contributed by atoms with van der Waals surface area (Å²) in [6.07, 6.45) is -0.827. The number of rotatable bonds is 10. The average molecular weight is 347 g/mol. The van der Waals surface area contributed by atoms with Crippen LogP contribution >= 0.6 is 0 Å². The Balaban J connectivity index is 2.85. The fraction of sp³-hybridized carbons (Fsp3) is 0.412. The van der Waals surface area contributed by atoms with Gasteiger partial charge in [-0.3, -0.25) is 9.59 Å². The Morgan fingerprint density at radius 1 is 1.28 bits per heavy atom. The molecular weight excluding hydrogens is 326 g/mol. The molecule has 0 aliphatic carbocycles. The topological polar surface area (TPSA) is 129 Å². The first-order chi connectivity index (χ1) is 11.8. The van der Waals surface area contributed by atoms with Gasteiger partial charge < -0.3 is 20.7 Å². The Morgan fingerprint density at radius 3 is 2.44 bits per heavy atom. The zero-order chi connectivity index (χ0) is 18.8. The monoisotopic (exact) mass is 347 g/mol. The largest absolute Gasteiger partial charge is 0.480 e. The number of aliphatic carboxylic acids is 1. The molecule has 1 rings (SSSR count). The van der Waals surface area contributed by atoms with Gasteiger partial charge in [-0.1, -0.05) is 30.3 Å². The minimum Gasteiger partial charge on any atom is -0.480 e. The molecule has 8 heteroatoms. The highest BCUT2D eigenvalue weighted by atomic mass is 16.5. The van der Waals surface area contributed by atoms with Crippen LogP contribution in [0.4, 0.5) is 0 Å². The van der Waals surface area contributed by atoms with Crippen LogP contribution in [0.5, 0.6) is 0 Å². The van der Waals surface area contributed by atoms with Crippen LogP contribution in [0.3, 0.4) is 0 Å². The van der Waals surface area contributed by atoms with Gasteiger partial charge >= 0.3 is 12.2 Å². The van der Waals surface area contributed by atoms with E-state index in [4.69, 9.17) is 10.3 Å². The Labute approximate surface area is 145 Å². The summed E-state index contributed by atoms with van der Waals surface area (Å²) in [5.74, 6) is -2.41. The summed E-state index contributed by atoms with van der Waals surface area (Å²) >= 11 is 0. The van der Waals surface area contributed by atoms with Crippen LogP contribution in [-0.2, 0) is 19.1 Å². The second-order valence-electron chi connectivity index (χ2n) is 5.62. The van der Waals surface area contributed by atoms with E-state index in [-0.39, 0.29) is 18.9 Å². The fourth-order valence-electron chi connectivity index (χ4n) is 2.11. The number of carboxylic acids is 1. The van der Waals surface area contributed by atoms with Gasteiger partial charge in [0.2, 0.25) is 5.78 Å². The Hall–Kier alpha value is -2.83. The van der Waals surface area contributed by atoms with Crippen LogP contribution in [-0.4, -0.2) is 45.9 Å². The maximum absolute atomic E-state index is 12.5. The number of carboxylic acid groups (broad SMARTS) is 1. The van der Waals surface area contributed by atoms with Gasteiger partial charge in [0, 0.05) is 6.42 Å². The zero-order valence-corrected chi connectivity index (χ0v) is 14.1. The van der Waals surface area contributed by atoms with Gasteiger partial charge in [0.15, 0.2) is 6.10 Å². The number of benzene rings is 1. The van der Waals surface area contributed by atoms with Crippen LogP contribution in [0.2, 0.25) is 0 Å². The Bertz CT molecular complexity index is 654. The lowest BCUT2D eigenvalue weighted by molar-refractivity contribution is -0.146. The van der Waals surface area contributed by atoms with Crippen LogP contribution in [0.25, 0.3) is 5.53 Å². The molecular formula is C17H21N3O5. The molecule has 0 bridgehead atoms. The third-order valence-corrected chi connectivity index (χ3v) is 3.24. The third-order valence-electron chi connectivity index (χ3n) is 3.24. The molecule has 0 fully saturated rings. The van der Waals surface area contributed by atoms with E-state index in [2.05, 4.69) is 10.1 Å². The summed E-state index contributed by atoms with van der Waals surface area (Å²) in [5.41, 5.74) is 8.88. The van der Waals surface area contributed by atoms with E-state index < -0.39 is 29.8 Å². The number of ketones is 1. The summed E-state index contributed by atoms with van der Waals surface area (Å²) in [6.45, 7) is 3.54. The van der Waals surface area contributed by atoms with E-state index in [1.165, 1.54) is 0 Å². The minimum absolute atomic E-state index is 0.130. The van der Waals surface area contributed by atoms with Crippen LogP contribution in [0.15, 0.2) is 30.3 Å². The first kappa shape index (κ1) is 20.2. The number of nitrogens with zero attached hydrogens (tertiary/aromatic N) is 2. The first-order valence-corrected chi connectivity index (χ1v) is 7.79. The van der Waals surface area contributed by atoms with E-state index in [0.717, 1.165) is 0 Å². The SMILES string of the molecule is CC(C)OC(C(=O)NC(CCC(=O)C=[N+]=[N-])C(=O)O)c1ccccc1. The van der Waals surface area contributed by atoms with E-state index in [0.29, 0.717) is 11.8 Å². The van der Waals surface area contributed by atoms with Gasteiger partial charge in [-0.05, 0) is 25.8 Å². The molecule has 0 spiro atoms. The van der Waals surface area contributed by atoms with Crippen molar-refractivity contribution in [3.8, 4) is 0 Å². The number of hydrogen-bond donors (Lipinski definition) is 2. The number of amides is 1. The molecule has 2 unspecified atom stereocenters. The van der Waals surface area contributed by atoms with E-state index in [9.17, 15) is 19.5 Å². The van der Waals surface area contributed by atoms with Crippen LogP contribution in [0, 0.1) is 0 Å². The van der Waals surface area contributed by atoms with Crippen molar-refractivity contribution in [3.05, 3.63) is 41.4 Å². The second kappa shape index (κ2) is 10.1. The Kier molecular flexibility index (Phi) is 8.18. The van der Waals surface area contributed by atoms with E-state index in [1.54, 1.807) is 44.2 Å². The zero-order valence-electron chi connectivity index (χ0n) is 14.1. The maximum atomic E-state index is 12.5. The molecule has 1 aromatic rings. The summed E-state index contributed by atoms with van der Waals surface area (Å²) in [7, 11) is 0. The highest BCUT2D eigenvalue weighted by Gasteiger charge is 2.28. The van der Waals surface area contributed by atoms with Gasteiger partial charge in [-0.2, -0.15) is 4.79 Å². The molecule has 0 radical (unpaired) electrons. The van der Waals surface area contributed by atoms with Crippen molar-refractivity contribution in [2.24, 2.45) is 0 Å². The van der Waals surface area contributed by atoms with Crippen molar-refractivity contribution in [1.82, 2.24) is 5.32 Å². The molecule has 1 amide bonds. The molecule has 8 nitrogen and oxygen atoms in total. The van der Waals surface area contributed by atoms with E-state index in [1.807, 2.05) is 0 Å². The molecule has 0 saturated heterocycles. The molecule has 0 aliphatic rings. The van der Waals surface area contributed by atoms with Crippen molar-refractivity contribution in [1.29, 1.82) is 0 Å². The van der Waals surface area contributed by atoms with E-state index >= 15 is 0 Å². The molecule has 0 saturated carbocycles. The lowest BCUT2D eigenvalue weighted by Gasteiger charge is -2.22. The molecule has 0 aromatic heterocycles. The van der Waals surface area contributed by atoms with Crippen molar-refractivity contribution in [2.45, 2.75) is 44.9 Å². The number of Topliss-reactive ketones (excluding diaryl/α,β-unsaturated/α-hetero) is 1. The quantitative estimate of drug-likeness (QED) is 0.375. The molecule has 25 heavy (non-hydrogen) atoms. The summed E-state index contributed by atoms with van der Waals surface area (Å²) in [5, 5.41) is 11.6. The van der Waals surface area contributed by atoms with Crippen molar-refractivity contribution < 1.29 is 29.0 Å². The minimum atomic E-state index is -1.27. The number of nitrogens with one attached hydrogen (secondary N) is 1. The fourth-order valence-corrected chi connectivity index (χ4v) is 2.11. The van der Waals surface area contributed by atoms with Gasteiger partial charge in [0.25, 0.3) is 5.91 Å². The summed E-state index contributed by atoms with van der Waals surface area (Å²) < 4.78 is 5.62. The predicted octanol–water partition coefficient (Wildman–Crippen LogP) is 1.37. The number of hydrogen-bond acceptors (Lipinski definition) is 4. The normalized spacial score (nSPS) is 12.8. The first-order valence-electron chi connectivity index (χ1n) is 7.79. The summed E-state index contributed by atoms with van der Waals surface area (Å²) in [4.78, 5) is 37.8. The lowest BCUT2D eigenvalue weighted by Crippen LogP contribution is -2.44. The van der Waals surface area contributed by atoms with Gasteiger partial charge in [-0.15, -0.1) is 0 Å². The molecule has 0 heterocycles. The second-order valence-corrected chi connectivity index (χ2v) is 5.62. The Morgan fingerprint density at radius 2 is 1.92 bits per heavy atom. The average Bonchev–Trinajstić information content (AvgIpc) is 2.56.